The topological polar surface area (TPSA) is 23.5 Å². The van der Waals surface area contributed by atoms with E-state index in [4.69, 9.17) is 5.11 Å². The van der Waals surface area contributed by atoms with Crippen LogP contribution in [0.2, 0.25) is 0 Å². The minimum Gasteiger partial charge on any atom is -0.396 e. The maximum absolute atomic E-state index is 8.75. The SMILES string of the molecule is C=C(CCO)C1CCN(CC)C1. The highest BCUT2D eigenvalue weighted by molar-refractivity contribution is 5.04. The second kappa shape index (κ2) is 4.63. The van der Waals surface area contributed by atoms with Gasteiger partial charge in [-0.15, -0.1) is 0 Å². The fourth-order valence-electron chi connectivity index (χ4n) is 1.80. The predicted octanol–water partition coefficient (Wildman–Crippen LogP) is 1.27. The van der Waals surface area contributed by atoms with Gasteiger partial charge in [0.15, 0.2) is 0 Å². The first-order valence-electron chi connectivity index (χ1n) is 4.78. The van der Waals surface area contributed by atoms with E-state index in [9.17, 15) is 0 Å². The van der Waals surface area contributed by atoms with Crippen LogP contribution in [0.15, 0.2) is 12.2 Å². The van der Waals surface area contributed by atoms with Crippen LogP contribution in [0.4, 0.5) is 0 Å². The summed E-state index contributed by atoms with van der Waals surface area (Å²) >= 11 is 0. The first kappa shape index (κ1) is 9.75. The summed E-state index contributed by atoms with van der Waals surface area (Å²) in [6.07, 6.45) is 2.01. The van der Waals surface area contributed by atoms with Crippen LogP contribution in [-0.4, -0.2) is 36.2 Å². The van der Waals surface area contributed by atoms with Gasteiger partial charge < -0.3 is 10.0 Å². The van der Waals surface area contributed by atoms with Gasteiger partial charge in [0.05, 0.1) is 0 Å². The molecule has 1 aliphatic heterocycles. The van der Waals surface area contributed by atoms with Crippen molar-refractivity contribution in [2.45, 2.75) is 19.8 Å². The lowest BCUT2D eigenvalue weighted by Gasteiger charge is -2.14. The Balaban J connectivity index is 2.31. The molecule has 1 heterocycles. The zero-order chi connectivity index (χ0) is 8.97. The van der Waals surface area contributed by atoms with E-state index in [1.54, 1.807) is 0 Å². The lowest BCUT2D eigenvalue weighted by atomic mass is 9.97. The molecule has 70 valence electrons. The second-order valence-electron chi connectivity index (χ2n) is 3.51. The summed E-state index contributed by atoms with van der Waals surface area (Å²) in [5, 5.41) is 8.75. The van der Waals surface area contributed by atoms with Crippen molar-refractivity contribution in [1.29, 1.82) is 0 Å². The molecule has 0 spiro atoms. The minimum atomic E-state index is 0.251. The van der Waals surface area contributed by atoms with E-state index in [1.165, 1.54) is 18.5 Å². The summed E-state index contributed by atoms with van der Waals surface area (Å²) in [6.45, 7) is 9.94. The van der Waals surface area contributed by atoms with Crippen LogP contribution in [0.1, 0.15) is 19.8 Å². The third kappa shape index (κ3) is 2.32. The number of hydrogen-bond acceptors (Lipinski definition) is 2. The molecular formula is C10H19NO. The summed E-state index contributed by atoms with van der Waals surface area (Å²) < 4.78 is 0. The highest BCUT2D eigenvalue weighted by Gasteiger charge is 2.22. The van der Waals surface area contributed by atoms with Gasteiger partial charge in [-0.3, -0.25) is 0 Å². The minimum absolute atomic E-state index is 0.251. The molecule has 0 aromatic rings. The summed E-state index contributed by atoms with van der Waals surface area (Å²) in [5.41, 5.74) is 1.23. The lowest BCUT2D eigenvalue weighted by molar-refractivity contribution is 0.292. The monoisotopic (exact) mass is 169 g/mol. The van der Waals surface area contributed by atoms with Gasteiger partial charge in [-0.25, -0.2) is 0 Å². The third-order valence-corrected chi connectivity index (χ3v) is 2.73. The molecule has 1 rings (SSSR count). The molecule has 1 unspecified atom stereocenters. The molecule has 0 amide bonds. The van der Waals surface area contributed by atoms with Crippen molar-refractivity contribution in [2.24, 2.45) is 5.92 Å². The summed E-state index contributed by atoms with van der Waals surface area (Å²) in [7, 11) is 0. The van der Waals surface area contributed by atoms with E-state index in [2.05, 4.69) is 18.4 Å². The fourth-order valence-corrected chi connectivity index (χ4v) is 1.80. The Morgan fingerprint density at radius 1 is 1.67 bits per heavy atom. The Morgan fingerprint density at radius 3 is 2.92 bits per heavy atom. The van der Waals surface area contributed by atoms with Gasteiger partial charge in [-0.05, 0) is 31.8 Å². The van der Waals surface area contributed by atoms with Gasteiger partial charge in [0, 0.05) is 13.2 Å². The fraction of sp³-hybridized carbons (Fsp3) is 0.800. The number of nitrogens with zero attached hydrogens (tertiary/aromatic N) is 1. The molecule has 1 N–H and O–H groups in total. The number of hydrogen-bond donors (Lipinski definition) is 1. The van der Waals surface area contributed by atoms with Crippen LogP contribution < -0.4 is 0 Å². The third-order valence-electron chi connectivity index (χ3n) is 2.73. The Hall–Kier alpha value is -0.340. The lowest BCUT2D eigenvalue weighted by Crippen LogP contribution is -2.20. The molecular weight excluding hydrogens is 150 g/mol. The average molecular weight is 169 g/mol. The summed E-state index contributed by atoms with van der Waals surface area (Å²) in [6, 6.07) is 0. The molecule has 1 atom stereocenters. The van der Waals surface area contributed by atoms with Crippen molar-refractivity contribution < 1.29 is 5.11 Å². The van der Waals surface area contributed by atoms with Crippen LogP contribution in [0.25, 0.3) is 0 Å². The molecule has 0 saturated carbocycles. The van der Waals surface area contributed by atoms with E-state index in [0.717, 1.165) is 19.5 Å². The van der Waals surface area contributed by atoms with Crippen molar-refractivity contribution in [3.05, 3.63) is 12.2 Å². The van der Waals surface area contributed by atoms with Crippen LogP contribution in [0, 0.1) is 5.92 Å². The van der Waals surface area contributed by atoms with Crippen molar-refractivity contribution in [1.82, 2.24) is 4.90 Å². The maximum Gasteiger partial charge on any atom is 0.0468 e. The summed E-state index contributed by atoms with van der Waals surface area (Å²) in [4.78, 5) is 2.44. The molecule has 0 aliphatic carbocycles. The van der Waals surface area contributed by atoms with Crippen molar-refractivity contribution in [2.75, 3.05) is 26.2 Å². The van der Waals surface area contributed by atoms with E-state index in [1.807, 2.05) is 0 Å². The van der Waals surface area contributed by atoms with Gasteiger partial charge in [0.2, 0.25) is 0 Å². The van der Waals surface area contributed by atoms with Crippen molar-refractivity contribution >= 4 is 0 Å². The van der Waals surface area contributed by atoms with Crippen molar-refractivity contribution in [3.63, 3.8) is 0 Å². The molecule has 2 heteroatoms. The largest absolute Gasteiger partial charge is 0.396 e. The van der Waals surface area contributed by atoms with Gasteiger partial charge in [0.1, 0.15) is 0 Å². The van der Waals surface area contributed by atoms with Crippen LogP contribution in [-0.2, 0) is 0 Å². The van der Waals surface area contributed by atoms with E-state index in [0.29, 0.717) is 5.92 Å². The molecule has 1 aliphatic rings. The molecule has 0 aromatic heterocycles. The molecule has 1 fully saturated rings. The molecule has 2 nitrogen and oxygen atoms in total. The Kier molecular flexibility index (Phi) is 3.76. The standard InChI is InChI=1S/C10H19NO/c1-3-11-6-4-10(8-11)9(2)5-7-12/h10,12H,2-8H2,1H3. The highest BCUT2D eigenvalue weighted by Crippen LogP contribution is 2.23. The molecule has 0 bridgehead atoms. The number of rotatable bonds is 4. The Bertz CT molecular complexity index is 156. The van der Waals surface area contributed by atoms with E-state index < -0.39 is 0 Å². The van der Waals surface area contributed by atoms with Crippen LogP contribution >= 0.6 is 0 Å². The smallest absolute Gasteiger partial charge is 0.0468 e. The Morgan fingerprint density at radius 2 is 2.42 bits per heavy atom. The second-order valence-corrected chi connectivity index (χ2v) is 3.51. The molecule has 0 aromatic carbocycles. The van der Waals surface area contributed by atoms with E-state index >= 15 is 0 Å². The van der Waals surface area contributed by atoms with Crippen LogP contribution in [0.3, 0.4) is 0 Å². The number of aliphatic hydroxyl groups is 1. The predicted molar refractivity (Wildman–Crippen MR) is 51.1 cm³/mol. The normalized spacial score (nSPS) is 24.7. The quantitative estimate of drug-likeness (QED) is 0.641. The van der Waals surface area contributed by atoms with Gasteiger partial charge in [-0.1, -0.05) is 19.1 Å². The maximum atomic E-state index is 8.75. The van der Waals surface area contributed by atoms with Gasteiger partial charge in [0.25, 0.3) is 0 Å². The molecule has 1 saturated heterocycles. The zero-order valence-corrected chi connectivity index (χ0v) is 7.92. The van der Waals surface area contributed by atoms with Gasteiger partial charge >= 0.3 is 0 Å². The van der Waals surface area contributed by atoms with Crippen molar-refractivity contribution in [3.8, 4) is 0 Å². The average Bonchev–Trinajstić information content (AvgIpc) is 2.52. The first-order valence-corrected chi connectivity index (χ1v) is 4.78. The summed E-state index contributed by atoms with van der Waals surface area (Å²) in [5.74, 6) is 0.636. The molecule has 0 radical (unpaired) electrons. The number of likely N-dealkylation sites (tertiary alicyclic amines) is 1. The Labute approximate surface area is 74.9 Å². The van der Waals surface area contributed by atoms with Crippen LogP contribution in [0.5, 0.6) is 0 Å². The first-order chi connectivity index (χ1) is 5.77. The van der Waals surface area contributed by atoms with E-state index in [-0.39, 0.29) is 6.61 Å². The molecule has 12 heavy (non-hydrogen) atoms. The van der Waals surface area contributed by atoms with Gasteiger partial charge in [-0.2, -0.15) is 0 Å². The number of aliphatic hydroxyl groups excluding tert-OH is 1. The zero-order valence-electron chi connectivity index (χ0n) is 7.92. The highest BCUT2D eigenvalue weighted by atomic mass is 16.2.